The van der Waals surface area contributed by atoms with Crippen LogP contribution in [-0.2, 0) is 16.6 Å². The van der Waals surface area contributed by atoms with E-state index in [-0.39, 0.29) is 5.75 Å². The van der Waals surface area contributed by atoms with Gasteiger partial charge in [0.05, 0.1) is 7.11 Å². The Morgan fingerprint density at radius 1 is 1.11 bits per heavy atom. The van der Waals surface area contributed by atoms with Crippen LogP contribution in [0.15, 0.2) is 47.9 Å². The molecule has 0 radical (unpaired) electrons. The van der Waals surface area contributed by atoms with Crippen molar-refractivity contribution in [3.05, 3.63) is 64.6 Å². The minimum Gasteiger partial charge on any atom is -0.504 e. The van der Waals surface area contributed by atoms with Crippen LogP contribution in [0.1, 0.15) is 16.7 Å². The monoisotopic (exact) mass is 402 g/mol. The Bertz CT molecular complexity index is 934. The Morgan fingerprint density at radius 2 is 1.79 bits per heavy atom. The lowest BCUT2D eigenvalue weighted by molar-refractivity contribution is 0.180. The van der Waals surface area contributed by atoms with Crippen molar-refractivity contribution in [2.24, 2.45) is 0 Å². The lowest BCUT2D eigenvalue weighted by atomic mass is 10.1. The van der Waals surface area contributed by atoms with E-state index in [4.69, 9.17) is 4.74 Å². The first kappa shape index (κ1) is 20.4. The largest absolute Gasteiger partial charge is 0.504 e. The third kappa shape index (κ3) is 4.92. The van der Waals surface area contributed by atoms with E-state index in [2.05, 4.69) is 4.90 Å². The molecule has 7 heteroatoms. The van der Waals surface area contributed by atoms with Gasteiger partial charge in [-0.25, -0.2) is 8.42 Å². The van der Waals surface area contributed by atoms with Gasteiger partial charge in [-0.3, -0.25) is 4.90 Å². The highest BCUT2D eigenvalue weighted by Gasteiger charge is 2.25. The third-order valence-electron chi connectivity index (χ3n) is 4.84. The smallest absolute Gasteiger partial charge is 0.236 e. The molecular formula is C21H26N2O4S. The Morgan fingerprint density at radius 3 is 2.43 bits per heavy atom. The third-order valence-corrected chi connectivity index (χ3v) is 6.40. The number of hydrogen-bond acceptors (Lipinski definition) is 5. The van der Waals surface area contributed by atoms with Gasteiger partial charge < -0.3 is 9.84 Å². The summed E-state index contributed by atoms with van der Waals surface area (Å²) in [5, 5.41) is 11.6. The van der Waals surface area contributed by atoms with Crippen LogP contribution in [0.2, 0.25) is 0 Å². The molecule has 6 nitrogen and oxygen atoms in total. The van der Waals surface area contributed by atoms with Crippen molar-refractivity contribution in [1.29, 1.82) is 0 Å². The molecule has 0 atom stereocenters. The summed E-state index contributed by atoms with van der Waals surface area (Å²) in [6.07, 6.45) is 1.62. The Labute approximate surface area is 166 Å². The minimum absolute atomic E-state index is 0.147. The first-order valence-corrected chi connectivity index (χ1v) is 10.7. The standard InChI is InChI=1S/C21H26N2O4S/c1-17-14-19(21(24)20(15-17)27-2)16-22-9-11-23(12-10-22)28(25,26)13-8-18-6-4-3-5-7-18/h3-8,13-15,24H,9-12,16H2,1-2H3/b13-8-. The highest BCUT2D eigenvalue weighted by molar-refractivity contribution is 7.92. The highest BCUT2D eigenvalue weighted by Crippen LogP contribution is 2.32. The van der Waals surface area contributed by atoms with Gasteiger partial charge in [-0.2, -0.15) is 4.31 Å². The summed E-state index contributed by atoms with van der Waals surface area (Å²) >= 11 is 0. The average molecular weight is 403 g/mol. The molecule has 1 fully saturated rings. The maximum Gasteiger partial charge on any atom is 0.236 e. The second-order valence-corrected chi connectivity index (χ2v) is 8.73. The number of benzene rings is 2. The Balaban J connectivity index is 1.62. The van der Waals surface area contributed by atoms with Crippen molar-refractivity contribution in [3.63, 3.8) is 0 Å². The number of methoxy groups -OCH3 is 1. The van der Waals surface area contributed by atoms with E-state index in [1.807, 2.05) is 43.3 Å². The first-order valence-electron chi connectivity index (χ1n) is 9.21. The molecule has 28 heavy (non-hydrogen) atoms. The van der Waals surface area contributed by atoms with Gasteiger partial charge in [0.2, 0.25) is 10.0 Å². The average Bonchev–Trinajstić information content (AvgIpc) is 2.70. The second kappa shape index (κ2) is 8.77. The van der Waals surface area contributed by atoms with Gasteiger partial charge in [0, 0.05) is 43.7 Å². The van der Waals surface area contributed by atoms with Crippen molar-refractivity contribution >= 4 is 16.1 Å². The first-order chi connectivity index (χ1) is 13.4. The number of ether oxygens (including phenoxy) is 1. The van der Waals surface area contributed by atoms with E-state index < -0.39 is 10.0 Å². The van der Waals surface area contributed by atoms with Crippen molar-refractivity contribution in [2.75, 3.05) is 33.3 Å². The molecule has 3 rings (SSSR count). The molecule has 150 valence electrons. The van der Waals surface area contributed by atoms with E-state index in [0.29, 0.717) is 38.5 Å². The van der Waals surface area contributed by atoms with E-state index in [0.717, 1.165) is 16.7 Å². The summed E-state index contributed by atoms with van der Waals surface area (Å²) in [4.78, 5) is 2.14. The van der Waals surface area contributed by atoms with Crippen LogP contribution in [0, 0.1) is 6.92 Å². The Kier molecular flexibility index (Phi) is 6.39. The number of piperazine rings is 1. The zero-order valence-corrected chi connectivity index (χ0v) is 17.0. The van der Waals surface area contributed by atoms with Crippen LogP contribution in [0.5, 0.6) is 11.5 Å². The molecule has 2 aromatic carbocycles. The predicted octanol–water partition coefficient (Wildman–Crippen LogP) is 2.83. The predicted molar refractivity (Wildman–Crippen MR) is 111 cm³/mol. The van der Waals surface area contributed by atoms with Crippen LogP contribution in [0.25, 0.3) is 6.08 Å². The molecular weight excluding hydrogens is 376 g/mol. The van der Waals surface area contributed by atoms with Crippen molar-refractivity contribution in [1.82, 2.24) is 9.21 Å². The summed E-state index contributed by atoms with van der Waals surface area (Å²) in [5.74, 6) is 0.608. The molecule has 1 aliphatic heterocycles. The van der Waals surface area contributed by atoms with Crippen LogP contribution < -0.4 is 4.74 Å². The van der Waals surface area contributed by atoms with Gasteiger partial charge in [-0.15, -0.1) is 0 Å². The molecule has 0 aliphatic carbocycles. The maximum absolute atomic E-state index is 12.6. The number of rotatable bonds is 6. The van der Waals surface area contributed by atoms with E-state index in [1.54, 1.807) is 12.1 Å². The van der Waals surface area contributed by atoms with Crippen LogP contribution >= 0.6 is 0 Å². The summed E-state index contributed by atoms with van der Waals surface area (Å²) in [6.45, 7) is 4.56. The number of hydrogen-bond donors (Lipinski definition) is 1. The lowest BCUT2D eigenvalue weighted by Crippen LogP contribution is -2.47. The summed E-state index contributed by atoms with van der Waals surface area (Å²) < 4.78 is 31.9. The quantitative estimate of drug-likeness (QED) is 0.805. The molecule has 0 saturated carbocycles. The lowest BCUT2D eigenvalue weighted by Gasteiger charge is -2.33. The summed E-state index contributed by atoms with van der Waals surface area (Å²) in [7, 11) is -1.91. The van der Waals surface area contributed by atoms with Crippen molar-refractivity contribution in [3.8, 4) is 11.5 Å². The second-order valence-electron chi connectivity index (χ2n) is 6.91. The zero-order valence-electron chi connectivity index (χ0n) is 16.2. The molecule has 0 spiro atoms. The van der Waals surface area contributed by atoms with Crippen molar-refractivity contribution in [2.45, 2.75) is 13.5 Å². The molecule has 0 amide bonds. The fourth-order valence-electron chi connectivity index (χ4n) is 3.29. The van der Waals surface area contributed by atoms with Crippen LogP contribution in [0.4, 0.5) is 0 Å². The molecule has 2 aromatic rings. The molecule has 0 bridgehead atoms. The number of phenolic OH excluding ortho intramolecular Hbond substituents is 1. The number of aryl methyl sites for hydroxylation is 1. The van der Waals surface area contributed by atoms with E-state index >= 15 is 0 Å². The molecule has 0 aromatic heterocycles. The van der Waals surface area contributed by atoms with Gasteiger partial charge in [0.1, 0.15) is 0 Å². The zero-order chi connectivity index (χ0) is 20.1. The van der Waals surface area contributed by atoms with Gasteiger partial charge in [0.15, 0.2) is 11.5 Å². The maximum atomic E-state index is 12.6. The molecule has 1 heterocycles. The highest BCUT2D eigenvalue weighted by atomic mass is 32.2. The summed E-state index contributed by atoms with van der Waals surface area (Å²) in [5.41, 5.74) is 2.66. The number of phenols is 1. The van der Waals surface area contributed by atoms with Crippen LogP contribution in [-0.4, -0.2) is 56.0 Å². The Hall–Kier alpha value is -2.35. The molecule has 1 aliphatic rings. The topological polar surface area (TPSA) is 70.1 Å². The fourth-order valence-corrected chi connectivity index (χ4v) is 4.47. The van der Waals surface area contributed by atoms with Crippen molar-refractivity contribution < 1.29 is 18.3 Å². The number of sulfonamides is 1. The van der Waals surface area contributed by atoms with E-state index in [9.17, 15) is 13.5 Å². The van der Waals surface area contributed by atoms with Crippen LogP contribution in [0.3, 0.4) is 0 Å². The number of nitrogens with zero attached hydrogens (tertiary/aromatic N) is 2. The number of aromatic hydroxyl groups is 1. The van der Waals surface area contributed by atoms with Gasteiger partial charge in [-0.1, -0.05) is 36.4 Å². The minimum atomic E-state index is -3.45. The summed E-state index contributed by atoms with van der Waals surface area (Å²) in [6, 6.07) is 13.1. The SMILES string of the molecule is COc1cc(C)cc(CN2CCN(S(=O)(=O)/C=C\c3ccccc3)CC2)c1O. The molecule has 0 unspecified atom stereocenters. The fraction of sp³-hybridized carbons (Fsp3) is 0.333. The van der Waals surface area contributed by atoms with Gasteiger partial charge in [-0.05, 0) is 30.2 Å². The molecule has 1 N–H and O–H groups in total. The van der Waals surface area contributed by atoms with Gasteiger partial charge in [0.25, 0.3) is 0 Å². The normalized spacial score (nSPS) is 16.5. The van der Waals surface area contributed by atoms with E-state index in [1.165, 1.54) is 16.8 Å². The van der Waals surface area contributed by atoms with Gasteiger partial charge >= 0.3 is 0 Å². The molecule has 1 saturated heterocycles.